The van der Waals surface area contributed by atoms with Crippen LogP contribution in [0.2, 0.25) is 5.02 Å². The van der Waals surface area contributed by atoms with Gasteiger partial charge in [0.15, 0.2) is 0 Å². The van der Waals surface area contributed by atoms with Crippen molar-refractivity contribution in [1.82, 2.24) is 19.3 Å². The molecule has 9 heteroatoms. The second-order valence-electron chi connectivity index (χ2n) is 6.17. The highest BCUT2D eigenvalue weighted by Crippen LogP contribution is 2.39. The van der Waals surface area contributed by atoms with Crippen LogP contribution in [0, 0.1) is 0 Å². The first-order valence-corrected chi connectivity index (χ1v) is 9.56. The Morgan fingerprint density at radius 1 is 1.29 bits per heavy atom. The number of ether oxygens (including phenoxy) is 1. The minimum atomic E-state index is -3.56. The summed E-state index contributed by atoms with van der Waals surface area (Å²) in [4.78, 5) is 0.170. The van der Waals surface area contributed by atoms with Gasteiger partial charge in [0.1, 0.15) is 5.75 Å². The fourth-order valence-corrected chi connectivity index (χ4v) is 4.64. The minimum absolute atomic E-state index is 0.0356. The van der Waals surface area contributed by atoms with Crippen LogP contribution in [-0.2, 0) is 10.0 Å². The van der Waals surface area contributed by atoms with E-state index in [2.05, 4.69) is 10.3 Å². The molecule has 128 valence electrons. The Balaban J connectivity index is 1.47. The van der Waals surface area contributed by atoms with Crippen LogP contribution in [0.15, 0.2) is 29.3 Å². The van der Waals surface area contributed by atoms with Gasteiger partial charge in [0.2, 0.25) is 10.0 Å². The summed E-state index contributed by atoms with van der Waals surface area (Å²) in [5, 5.41) is 8.58. The summed E-state index contributed by atoms with van der Waals surface area (Å²) in [5.74, 6) is 0.993. The summed E-state index contributed by atoms with van der Waals surface area (Å²) in [6.45, 7) is 0.777. The van der Waals surface area contributed by atoms with Crippen molar-refractivity contribution in [3.63, 3.8) is 0 Å². The van der Waals surface area contributed by atoms with Crippen molar-refractivity contribution < 1.29 is 13.2 Å². The average molecular weight is 369 g/mol. The largest absolute Gasteiger partial charge is 0.495 e. The maximum atomic E-state index is 12.6. The zero-order valence-electron chi connectivity index (χ0n) is 13.1. The number of rotatable bonds is 5. The maximum Gasteiger partial charge on any atom is 0.243 e. The van der Waals surface area contributed by atoms with E-state index >= 15 is 0 Å². The van der Waals surface area contributed by atoms with Crippen LogP contribution in [-0.4, -0.2) is 47.9 Å². The van der Waals surface area contributed by atoms with Gasteiger partial charge in [-0.05, 0) is 31.0 Å². The van der Waals surface area contributed by atoms with Gasteiger partial charge < -0.3 is 4.74 Å². The molecule has 2 heterocycles. The highest BCUT2D eigenvalue weighted by molar-refractivity contribution is 7.89. The van der Waals surface area contributed by atoms with E-state index in [-0.39, 0.29) is 16.0 Å². The molecule has 0 amide bonds. The Labute approximate surface area is 145 Å². The molecule has 24 heavy (non-hydrogen) atoms. The van der Waals surface area contributed by atoms with Crippen LogP contribution in [0.25, 0.3) is 0 Å². The molecule has 0 bridgehead atoms. The zero-order chi connectivity index (χ0) is 16.9. The molecule has 7 nitrogen and oxygen atoms in total. The molecule has 1 saturated carbocycles. The van der Waals surface area contributed by atoms with Gasteiger partial charge in [0, 0.05) is 25.2 Å². The molecule has 1 aliphatic carbocycles. The Bertz CT molecular complexity index is 873. The van der Waals surface area contributed by atoms with E-state index in [4.69, 9.17) is 16.3 Å². The van der Waals surface area contributed by atoms with Crippen LogP contribution in [0.4, 0.5) is 0 Å². The average Bonchev–Trinajstić information content (AvgIpc) is 3.25. The fraction of sp³-hybridized carbons (Fsp3) is 0.467. The third kappa shape index (κ3) is 2.68. The van der Waals surface area contributed by atoms with Gasteiger partial charge in [-0.25, -0.2) is 13.1 Å². The summed E-state index contributed by atoms with van der Waals surface area (Å²) < 4.78 is 33.6. The number of methoxy groups -OCH3 is 1. The van der Waals surface area contributed by atoms with Crippen LogP contribution in [0.1, 0.15) is 30.5 Å². The monoisotopic (exact) mass is 368 g/mol. The zero-order valence-corrected chi connectivity index (χ0v) is 14.7. The summed E-state index contributed by atoms with van der Waals surface area (Å²) >= 11 is 6.03. The fourth-order valence-electron chi connectivity index (χ4n) is 2.77. The SMILES string of the molecule is COc1ccc(S(=O)(=O)N2CC(n3cc(C4CC4)nn3)C2)cc1Cl. The van der Waals surface area contributed by atoms with Crippen LogP contribution >= 0.6 is 11.6 Å². The summed E-state index contributed by atoms with van der Waals surface area (Å²) in [6, 6.07) is 4.53. The number of benzene rings is 1. The minimum Gasteiger partial charge on any atom is -0.495 e. The van der Waals surface area contributed by atoms with E-state index < -0.39 is 10.0 Å². The van der Waals surface area contributed by atoms with Gasteiger partial charge in [-0.3, -0.25) is 0 Å². The van der Waals surface area contributed by atoms with E-state index in [1.54, 1.807) is 10.7 Å². The predicted molar refractivity (Wildman–Crippen MR) is 87.8 cm³/mol. The first kappa shape index (κ1) is 15.9. The van der Waals surface area contributed by atoms with Crippen molar-refractivity contribution in [2.75, 3.05) is 20.2 Å². The smallest absolute Gasteiger partial charge is 0.243 e. The Morgan fingerprint density at radius 3 is 2.67 bits per heavy atom. The highest BCUT2D eigenvalue weighted by atomic mass is 35.5. The lowest BCUT2D eigenvalue weighted by atomic mass is 10.2. The number of hydrogen-bond donors (Lipinski definition) is 0. The van der Waals surface area contributed by atoms with Crippen molar-refractivity contribution in [2.24, 2.45) is 0 Å². The third-order valence-electron chi connectivity index (χ3n) is 4.49. The molecule has 2 aromatic rings. The predicted octanol–water partition coefficient (Wildman–Crippen LogP) is 2.06. The lowest BCUT2D eigenvalue weighted by molar-refractivity contribution is 0.189. The van der Waals surface area contributed by atoms with Crippen LogP contribution in [0.5, 0.6) is 5.75 Å². The molecule has 0 radical (unpaired) electrons. The summed E-state index contributed by atoms with van der Waals surface area (Å²) in [5.41, 5.74) is 1.01. The first-order valence-electron chi connectivity index (χ1n) is 7.74. The number of nitrogens with zero attached hydrogens (tertiary/aromatic N) is 4. The summed E-state index contributed by atoms with van der Waals surface area (Å²) in [6.07, 6.45) is 4.28. The molecule has 1 aliphatic heterocycles. The number of sulfonamides is 1. The molecular formula is C15H17ClN4O3S. The molecular weight excluding hydrogens is 352 g/mol. The second-order valence-corrected chi connectivity index (χ2v) is 8.52. The molecule has 1 saturated heterocycles. The normalized spacial score (nSPS) is 19.2. The molecule has 2 aliphatic rings. The Hall–Kier alpha value is -1.64. The maximum absolute atomic E-state index is 12.6. The van der Waals surface area contributed by atoms with E-state index in [1.165, 1.54) is 36.4 Å². The molecule has 0 spiro atoms. The van der Waals surface area contributed by atoms with Crippen molar-refractivity contribution in [2.45, 2.75) is 29.7 Å². The molecule has 0 atom stereocenters. The molecule has 1 aromatic heterocycles. The van der Waals surface area contributed by atoms with Gasteiger partial charge >= 0.3 is 0 Å². The number of hydrogen-bond acceptors (Lipinski definition) is 5. The quantitative estimate of drug-likeness (QED) is 0.807. The van der Waals surface area contributed by atoms with Crippen molar-refractivity contribution in [3.8, 4) is 5.75 Å². The lowest BCUT2D eigenvalue weighted by Crippen LogP contribution is -2.50. The van der Waals surface area contributed by atoms with Crippen molar-refractivity contribution >= 4 is 21.6 Å². The van der Waals surface area contributed by atoms with E-state index in [0.717, 1.165) is 5.69 Å². The Morgan fingerprint density at radius 2 is 2.04 bits per heavy atom. The summed E-state index contributed by atoms with van der Waals surface area (Å²) in [7, 11) is -2.07. The van der Waals surface area contributed by atoms with E-state index in [9.17, 15) is 8.42 Å². The van der Waals surface area contributed by atoms with E-state index in [1.807, 2.05) is 6.20 Å². The molecule has 1 aromatic carbocycles. The van der Waals surface area contributed by atoms with Crippen molar-refractivity contribution in [1.29, 1.82) is 0 Å². The highest BCUT2D eigenvalue weighted by Gasteiger charge is 2.39. The Kier molecular flexibility index (Phi) is 3.78. The number of halogens is 1. The van der Waals surface area contributed by atoms with Gasteiger partial charge in [-0.15, -0.1) is 5.10 Å². The van der Waals surface area contributed by atoms with Crippen LogP contribution in [0.3, 0.4) is 0 Å². The molecule has 2 fully saturated rings. The topological polar surface area (TPSA) is 77.3 Å². The van der Waals surface area contributed by atoms with Gasteiger partial charge in [-0.2, -0.15) is 4.31 Å². The van der Waals surface area contributed by atoms with Gasteiger partial charge in [0.05, 0.1) is 28.8 Å². The standard InChI is InChI=1S/C15H17ClN4O3S/c1-23-15-5-4-12(6-13(15)16)24(21,22)19-7-11(8-19)20-9-14(17-18-20)10-2-3-10/h4-6,9-11H,2-3,7-8H2,1H3. The lowest BCUT2D eigenvalue weighted by Gasteiger charge is -2.37. The number of aromatic nitrogens is 3. The third-order valence-corrected chi connectivity index (χ3v) is 6.61. The van der Waals surface area contributed by atoms with Gasteiger partial charge in [-0.1, -0.05) is 16.8 Å². The second kappa shape index (κ2) is 5.72. The van der Waals surface area contributed by atoms with E-state index in [0.29, 0.717) is 24.8 Å². The van der Waals surface area contributed by atoms with Gasteiger partial charge in [0.25, 0.3) is 0 Å². The molecule has 0 N–H and O–H groups in total. The van der Waals surface area contributed by atoms with Crippen LogP contribution < -0.4 is 4.74 Å². The molecule has 4 rings (SSSR count). The first-order chi connectivity index (χ1) is 11.5. The van der Waals surface area contributed by atoms with Crippen molar-refractivity contribution in [3.05, 3.63) is 35.1 Å². The molecule has 0 unspecified atom stereocenters.